The van der Waals surface area contributed by atoms with Gasteiger partial charge in [-0.2, -0.15) is 0 Å². The fourth-order valence-corrected chi connectivity index (χ4v) is 7.85. The van der Waals surface area contributed by atoms with E-state index in [0.717, 1.165) is 63.1 Å². The maximum absolute atomic E-state index is 13.7. The van der Waals surface area contributed by atoms with Crippen molar-refractivity contribution in [1.29, 1.82) is 0 Å². The molecule has 38 heavy (non-hydrogen) atoms. The summed E-state index contributed by atoms with van der Waals surface area (Å²) in [5.74, 6) is 0.149. The van der Waals surface area contributed by atoms with Gasteiger partial charge in [-0.15, -0.1) is 0 Å². The minimum Gasteiger partial charge on any atom is -0.462 e. The molecule has 2 heterocycles. The van der Waals surface area contributed by atoms with Gasteiger partial charge in [0.2, 0.25) is 0 Å². The number of allylic oxidation sites excluding steroid dienone is 1. The third kappa shape index (κ3) is 4.82. The van der Waals surface area contributed by atoms with Gasteiger partial charge in [-0.05, 0) is 78.8 Å². The normalized spacial score (nSPS) is 32.2. The van der Waals surface area contributed by atoms with Crippen molar-refractivity contribution in [3.05, 3.63) is 83.4 Å². The Kier molecular flexibility index (Phi) is 6.89. The minimum atomic E-state index is -0.266. The number of hydrogen-bond acceptors (Lipinski definition) is 4. The highest BCUT2D eigenvalue weighted by Gasteiger charge is 2.55. The first-order valence-electron chi connectivity index (χ1n) is 14.2. The molecular formula is C32H38F2N2O2. The van der Waals surface area contributed by atoms with Crippen LogP contribution in [0.3, 0.4) is 0 Å². The van der Waals surface area contributed by atoms with Crippen LogP contribution in [0.4, 0.5) is 8.78 Å². The quantitative estimate of drug-likeness (QED) is 0.358. The van der Waals surface area contributed by atoms with E-state index in [1.54, 1.807) is 0 Å². The number of piperazine rings is 1. The molecule has 2 aromatic rings. The second-order valence-corrected chi connectivity index (χ2v) is 12.2. The number of benzene rings is 2. The van der Waals surface area contributed by atoms with E-state index < -0.39 is 0 Å². The van der Waals surface area contributed by atoms with E-state index in [9.17, 15) is 13.6 Å². The molecule has 2 saturated carbocycles. The Balaban J connectivity index is 1.14. The number of fused-ring (bicyclic) bond motifs is 2. The number of rotatable bonds is 5. The van der Waals surface area contributed by atoms with Crippen molar-refractivity contribution >= 4 is 5.97 Å². The van der Waals surface area contributed by atoms with Crippen LogP contribution in [0.15, 0.2) is 60.7 Å². The van der Waals surface area contributed by atoms with Crippen LogP contribution < -0.4 is 0 Å². The number of carbonyl (C=O) groups is 1. The van der Waals surface area contributed by atoms with Gasteiger partial charge in [0, 0.05) is 38.6 Å². The number of esters is 1. The number of hydrogen-bond donors (Lipinski definition) is 0. The fraction of sp³-hybridized carbons (Fsp3) is 0.531. The highest BCUT2D eigenvalue weighted by Crippen LogP contribution is 2.57. The molecule has 0 radical (unpaired) electrons. The zero-order chi connectivity index (χ0) is 26.4. The second kappa shape index (κ2) is 10.2. The molecule has 2 aliphatic heterocycles. The lowest BCUT2D eigenvalue weighted by Crippen LogP contribution is -2.50. The summed E-state index contributed by atoms with van der Waals surface area (Å²) in [6.07, 6.45) is 5.54. The molecule has 5 atom stereocenters. The smallest absolute Gasteiger partial charge is 0.310 e. The van der Waals surface area contributed by atoms with E-state index in [-0.39, 0.29) is 47.0 Å². The largest absolute Gasteiger partial charge is 0.462 e. The third-order valence-electron chi connectivity index (χ3n) is 9.92. The molecule has 0 amide bonds. The number of nitrogens with zero attached hydrogens (tertiary/aromatic N) is 2. The third-order valence-corrected chi connectivity index (χ3v) is 9.92. The molecule has 202 valence electrons. The Morgan fingerprint density at radius 2 is 1.61 bits per heavy atom. The molecule has 6 heteroatoms. The number of ether oxygens (including phenoxy) is 1. The molecule has 2 aromatic carbocycles. The first-order valence-corrected chi connectivity index (χ1v) is 14.2. The van der Waals surface area contributed by atoms with Crippen molar-refractivity contribution < 1.29 is 18.3 Å². The SMILES string of the molecule is C=C1CCC[C@]2(C)C[C@H]3OC(=O)[C@H](CN4CCN(C(c5ccc(F)cc5)c5ccc(F)cc5)CC4)[C@H]3C[C@@H]12. The van der Waals surface area contributed by atoms with Gasteiger partial charge in [0.15, 0.2) is 0 Å². The zero-order valence-corrected chi connectivity index (χ0v) is 22.3. The molecule has 2 saturated heterocycles. The minimum absolute atomic E-state index is 0.0224. The predicted octanol–water partition coefficient (Wildman–Crippen LogP) is 5.99. The molecule has 2 aliphatic carbocycles. The van der Waals surface area contributed by atoms with E-state index in [2.05, 4.69) is 23.3 Å². The van der Waals surface area contributed by atoms with Crippen molar-refractivity contribution in [1.82, 2.24) is 9.80 Å². The van der Waals surface area contributed by atoms with Gasteiger partial charge in [-0.25, -0.2) is 8.78 Å². The fourth-order valence-electron chi connectivity index (χ4n) is 7.85. The molecule has 0 bridgehead atoms. The molecule has 4 fully saturated rings. The summed E-state index contributed by atoms with van der Waals surface area (Å²) >= 11 is 0. The maximum Gasteiger partial charge on any atom is 0.310 e. The molecule has 4 aliphatic rings. The summed E-state index contributed by atoms with van der Waals surface area (Å²) in [6.45, 7) is 10.8. The summed E-state index contributed by atoms with van der Waals surface area (Å²) in [5.41, 5.74) is 3.57. The molecule has 0 N–H and O–H groups in total. The zero-order valence-electron chi connectivity index (χ0n) is 22.3. The molecule has 0 unspecified atom stereocenters. The Labute approximate surface area is 224 Å². The van der Waals surface area contributed by atoms with Crippen LogP contribution >= 0.6 is 0 Å². The van der Waals surface area contributed by atoms with Gasteiger partial charge in [0.1, 0.15) is 17.7 Å². The lowest BCUT2D eigenvalue weighted by Gasteiger charge is -2.50. The summed E-state index contributed by atoms with van der Waals surface area (Å²) < 4.78 is 33.3. The van der Waals surface area contributed by atoms with E-state index in [4.69, 9.17) is 4.74 Å². The van der Waals surface area contributed by atoms with Gasteiger partial charge in [0.05, 0.1) is 12.0 Å². The summed E-state index contributed by atoms with van der Waals surface area (Å²) in [6, 6.07) is 13.1. The molecular weight excluding hydrogens is 482 g/mol. The van der Waals surface area contributed by atoms with Crippen molar-refractivity contribution in [3.63, 3.8) is 0 Å². The van der Waals surface area contributed by atoms with E-state index >= 15 is 0 Å². The van der Waals surface area contributed by atoms with Crippen LogP contribution in [0.1, 0.15) is 56.2 Å². The van der Waals surface area contributed by atoms with Crippen molar-refractivity contribution in [2.75, 3.05) is 32.7 Å². The van der Waals surface area contributed by atoms with E-state index in [1.807, 2.05) is 24.3 Å². The van der Waals surface area contributed by atoms with Crippen LogP contribution in [0.25, 0.3) is 0 Å². The lowest BCUT2D eigenvalue weighted by molar-refractivity contribution is -0.146. The van der Waals surface area contributed by atoms with Gasteiger partial charge in [-0.1, -0.05) is 43.3 Å². The van der Waals surface area contributed by atoms with Gasteiger partial charge in [0.25, 0.3) is 0 Å². The number of carbonyl (C=O) groups excluding carboxylic acids is 1. The maximum atomic E-state index is 13.7. The van der Waals surface area contributed by atoms with Crippen LogP contribution in [0, 0.1) is 34.8 Å². The standard InChI is InChI=1S/C32H38F2N2O2/c1-21-4-3-13-32(2)19-29-26(18-28(21)32)27(31(37)38-29)20-35-14-16-36(17-15-35)30(22-5-9-24(33)10-6-22)23-7-11-25(34)12-8-23/h5-12,26-30H,1,3-4,13-20H2,2H3/t26-,27-,28+,29-,32-/m1/s1. The summed E-state index contributed by atoms with van der Waals surface area (Å²) in [7, 11) is 0. The van der Waals surface area contributed by atoms with Crippen LogP contribution in [-0.4, -0.2) is 54.6 Å². The molecule has 4 nitrogen and oxygen atoms in total. The van der Waals surface area contributed by atoms with Gasteiger partial charge in [-0.3, -0.25) is 14.6 Å². The Morgan fingerprint density at radius 1 is 1.00 bits per heavy atom. The summed E-state index contributed by atoms with van der Waals surface area (Å²) in [4.78, 5) is 17.8. The van der Waals surface area contributed by atoms with E-state index in [0.29, 0.717) is 5.92 Å². The molecule has 0 spiro atoms. The average Bonchev–Trinajstić information content (AvgIpc) is 3.19. The Morgan fingerprint density at radius 3 is 2.21 bits per heavy atom. The van der Waals surface area contributed by atoms with Crippen molar-refractivity contribution in [2.45, 2.75) is 51.2 Å². The van der Waals surface area contributed by atoms with E-state index in [1.165, 1.54) is 42.7 Å². The molecule has 6 rings (SSSR count). The number of halogens is 2. The predicted molar refractivity (Wildman–Crippen MR) is 143 cm³/mol. The monoisotopic (exact) mass is 520 g/mol. The Hall–Kier alpha value is -2.57. The Bertz CT molecular complexity index is 1130. The lowest BCUT2D eigenvalue weighted by atomic mass is 9.55. The first kappa shape index (κ1) is 25.7. The second-order valence-electron chi connectivity index (χ2n) is 12.2. The van der Waals surface area contributed by atoms with Crippen molar-refractivity contribution in [2.24, 2.45) is 23.2 Å². The highest BCUT2D eigenvalue weighted by atomic mass is 19.1. The van der Waals surface area contributed by atoms with Crippen LogP contribution in [0.5, 0.6) is 0 Å². The topological polar surface area (TPSA) is 32.8 Å². The molecule has 0 aromatic heterocycles. The average molecular weight is 521 g/mol. The van der Waals surface area contributed by atoms with Crippen LogP contribution in [0.2, 0.25) is 0 Å². The van der Waals surface area contributed by atoms with Crippen molar-refractivity contribution in [3.8, 4) is 0 Å². The van der Waals surface area contributed by atoms with Gasteiger partial charge >= 0.3 is 5.97 Å². The highest BCUT2D eigenvalue weighted by molar-refractivity contribution is 5.75. The van der Waals surface area contributed by atoms with Gasteiger partial charge < -0.3 is 4.74 Å². The summed E-state index contributed by atoms with van der Waals surface area (Å²) in [5, 5.41) is 0. The van der Waals surface area contributed by atoms with Crippen LogP contribution in [-0.2, 0) is 9.53 Å². The first-order chi connectivity index (χ1) is 18.3.